The average Bonchev–Trinajstić information content (AvgIpc) is 3.44. The van der Waals surface area contributed by atoms with Crippen LogP contribution in [-0.4, -0.2) is 56.5 Å². The van der Waals surface area contributed by atoms with Crippen molar-refractivity contribution in [2.75, 3.05) is 5.75 Å². The number of carbonyl (C=O) groups excluding carboxylic acids is 2. The van der Waals surface area contributed by atoms with Crippen LogP contribution in [0.1, 0.15) is 59.3 Å². The fourth-order valence-electron chi connectivity index (χ4n) is 9.26. The van der Waals surface area contributed by atoms with Gasteiger partial charge in [0, 0.05) is 16.7 Å². The molecule has 9 atom stereocenters. The van der Waals surface area contributed by atoms with E-state index in [1.165, 1.54) is 11.8 Å². The molecule has 2 heterocycles. The third kappa shape index (κ3) is 3.97. The summed E-state index contributed by atoms with van der Waals surface area (Å²) in [5.41, 5.74) is 0.710. The maximum absolute atomic E-state index is 14.5. The molecule has 1 N–H and O–H groups in total. The summed E-state index contributed by atoms with van der Waals surface area (Å²) in [6, 6.07) is 7.72. The molecule has 0 amide bonds. The monoisotopic (exact) mass is 574 g/mol. The van der Waals surface area contributed by atoms with Crippen molar-refractivity contribution in [2.24, 2.45) is 28.6 Å². The molecule has 41 heavy (non-hydrogen) atoms. The Morgan fingerprint density at radius 3 is 2.83 bits per heavy atom. The summed E-state index contributed by atoms with van der Waals surface area (Å²) in [7, 11) is 0. The fourth-order valence-corrected chi connectivity index (χ4v) is 10.0. The zero-order chi connectivity index (χ0) is 28.6. The molecule has 1 aromatic carbocycles. The molecule has 1 aliphatic heterocycles. The lowest BCUT2D eigenvalue weighted by atomic mass is 9.46. The SMILES string of the molecule is CCC[C@@H]1O[C@@H]2CC3C4CCC5=CC(=O)C=CC5(C)C4[C@@H](O)CC3(C)[C@]2(C(=O)CSc2cnc3ccccc3n2)O1. The highest BCUT2D eigenvalue weighted by molar-refractivity contribution is 7.99. The van der Waals surface area contributed by atoms with Crippen LogP contribution < -0.4 is 0 Å². The van der Waals surface area contributed by atoms with Crippen LogP contribution in [0.4, 0.5) is 0 Å². The maximum atomic E-state index is 14.5. The van der Waals surface area contributed by atoms with E-state index in [1.807, 2.05) is 30.3 Å². The topological polar surface area (TPSA) is 98.6 Å². The van der Waals surface area contributed by atoms with Gasteiger partial charge in [-0.15, -0.1) is 0 Å². The highest BCUT2D eigenvalue weighted by Gasteiger charge is 2.75. The predicted molar refractivity (Wildman–Crippen MR) is 156 cm³/mol. The number of ether oxygens (including phenoxy) is 2. The Morgan fingerprint density at radius 2 is 2.02 bits per heavy atom. The van der Waals surface area contributed by atoms with E-state index < -0.39 is 23.4 Å². The lowest BCUT2D eigenvalue weighted by Gasteiger charge is -2.59. The summed E-state index contributed by atoms with van der Waals surface area (Å²) in [4.78, 5) is 35.9. The second-order valence-electron chi connectivity index (χ2n) is 13.1. The number of aliphatic hydroxyl groups is 1. The number of aliphatic hydroxyl groups excluding tert-OH is 1. The van der Waals surface area contributed by atoms with E-state index in [0.29, 0.717) is 11.4 Å². The molecule has 5 aliphatic rings. The number of hydrogen-bond donors (Lipinski definition) is 1. The van der Waals surface area contributed by atoms with Gasteiger partial charge in [-0.25, -0.2) is 4.98 Å². The van der Waals surface area contributed by atoms with E-state index in [9.17, 15) is 14.7 Å². The Morgan fingerprint density at radius 1 is 1.22 bits per heavy atom. The van der Waals surface area contributed by atoms with Crippen LogP contribution in [0.2, 0.25) is 0 Å². The maximum Gasteiger partial charge on any atom is 0.178 e. The smallest absolute Gasteiger partial charge is 0.178 e. The van der Waals surface area contributed by atoms with E-state index in [0.717, 1.165) is 48.7 Å². The number of Topliss-reactive ketones (excluding diaryl/α,β-unsaturated/α-hetero) is 1. The minimum atomic E-state index is -1.11. The van der Waals surface area contributed by atoms with Gasteiger partial charge in [-0.05, 0) is 68.2 Å². The molecule has 7 rings (SSSR count). The number of hydrogen-bond acceptors (Lipinski definition) is 8. The number of nitrogens with zero attached hydrogens (tertiary/aromatic N) is 2. The van der Waals surface area contributed by atoms with Gasteiger partial charge < -0.3 is 14.6 Å². The molecule has 1 aromatic heterocycles. The zero-order valence-corrected chi connectivity index (χ0v) is 24.7. The Bertz CT molecular complexity index is 1470. The van der Waals surface area contributed by atoms with Gasteiger partial charge in [0.05, 0.1) is 35.2 Å². The van der Waals surface area contributed by atoms with E-state index in [2.05, 4.69) is 25.8 Å². The first-order chi connectivity index (χ1) is 19.7. The second kappa shape index (κ2) is 9.83. The molecular formula is C33H38N2O5S. The van der Waals surface area contributed by atoms with E-state index in [-0.39, 0.29) is 46.6 Å². The number of fused-ring (bicyclic) bond motifs is 8. The molecule has 0 spiro atoms. The van der Waals surface area contributed by atoms with Gasteiger partial charge in [0.25, 0.3) is 0 Å². The zero-order valence-electron chi connectivity index (χ0n) is 23.9. The van der Waals surface area contributed by atoms with Gasteiger partial charge in [0.2, 0.25) is 0 Å². The van der Waals surface area contributed by atoms with Crippen LogP contribution in [-0.2, 0) is 19.1 Å². The van der Waals surface area contributed by atoms with Crippen LogP contribution in [0, 0.1) is 28.6 Å². The number of ketones is 2. The van der Waals surface area contributed by atoms with E-state index >= 15 is 0 Å². The van der Waals surface area contributed by atoms with Crippen molar-refractivity contribution in [1.29, 1.82) is 0 Å². The highest BCUT2D eigenvalue weighted by atomic mass is 32.2. The van der Waals surface area contributed by atoms with Crippen LogP contribution in [0.5, 0.6) is 0 Å². The number of aromatic nitrogens is 2. The third-order valence-electron chi connectivity index (χ3n) is 11.0. The highest BCUT2D eigenvalue weighted by Crippen LogP contribution is 2.69. The Kier molecular flexibility index (Phi) is 6.58. The molecule has 216 valence electrons. The van der Waals surface area contributed by atoms with Crippen molar-refractivity contribution in [1.82, 2.24) is 9.97 Å². The standard InChI is InChI=1S/C33H38N2O5S/c1-4-7-29-39-27-15-22-21-11-10-19-14-20(36)12-13-31(19,2)30(21)25(37)16-32(22,3)33(27,40-29)26(38)18-41-28-17-34-23-8-5-6-9-24(23)35-28/h5-6,8-9,12-14,17,21-22,25,27,29-30,37H,4,7,10-11,15-16,18H2,1-3H3/t21?,22?,25-,27+,29+,30?,31?,32?,33+/m0/s1. The number of thioether (sulfide) groups is 1. The molecule has 7 nitrogen and oxygen atoms in total. The largest absolute Gasteiger partial charge is 0.393 e. The van der Waals surface area contributed by atoms with E-state index in [1.54, 1.807) is 18.3 Å². The number of allylic oxidation sites excluding steroid dienone is 4. The molecular weight excluding hydrogens is 536 g/mol. The molecule has 2 aromatic rings. The molecule has 5 unspecified atom stereocenters. The van der Waals surface area contributed by atoms with Crippen molar-refractivity contribution in [3.05, 3.63) is 54.3 Å². The fraction of sp³-hybridized carbons (Fsp3) is 0.576. The Labute approximate surface area is 245 Å². The molecule has 4 fully saturated rings. The lowest BCUT2D eigenvalue weighted by molar-refractivity contribution is -0.197. The summed E-state index contributed by atoms with van der Waals surface area (Å²) < 4.78 is 13.3. The number of carbonyl (C=O) groups is 2. The van der Waals surface area contributed by atoms with Gasteiger partial charge in [-0.1, -0.05) is 62.7 Å². The third-order valence-corrected chi connectivity index (χ3v) is 11.9. The summed E-state index contributed by atoms with van der Waals surface area (Å²) >= 11 is 1.39. The second-order valence-corrected chi connectivity index (χ2v) is 14.0. The van der Waals surface area contributed by atoms with Crippen molar-refractivity contribution in [3.63, 3.8) is 0 Å². The number of benzene rings is 1. The average molecular weight is 575 g/mol. The molecule has 1 saturated heterocycles. The number of rotatable bonds is 6. The molecule has 3 saturated carbocycles. The van der Waals surface area contributed by atoms with Gasteiger partial charge in [0.1, 0.15) is 5.03 Å². The first-order valence-electron chi connectivity index (χ1n) is 15.0. The molecule has 0 radical (unpaired) electrons. The van der Waals surface area contributed by atoms with Crippen molar-refractivity contribution in [2.45, 2.75) is 88.4 Å². The normalized spacial score (nSPS) is 41.0. The van der Waals surface area contributed by atoms with Crippen molar-refractivity contribution < 1.29 is 24.2 Å². The first kappa shape index (κ1) is 27.4. The summed E-state index contributed by atoms with van der Waals surface area (Å²) in [5, 5.41) is 12.6. The predicted octanol–water partition coefficient (Wildman–Crippen LogP) is 5.46. The summed E-state index contributed by atoms with van der Waals surface area (Å²) in [5.74, 6) is 0.612. The first-order valence-corrected chi connectivity index (χ1v) is 16.0. The number of para-hydroxylation sites is 2. The Balaban J connectivity index is 1.21. The summed E-state index contributed by atoms with van der Waals surface area (Å²) in [6.07, 6.45) is 10.4. The van der Waals surface area contributed by atoms with Crippen LogP contribution in [0.3, 0.4) is 0 Å². The van der Waals surface area contributed by atoms with Gasteiger partial charge >= 0.3 is 0 Å². The molecule has 0 bridgehead atoms. The minimum Gasteiger partial charge on any atom is -0.393 e. The Hall–Kier alpha value is -2.39. The minimum absolute atomic E-state index is 0.00964. The van der Waals surface area contributed by atoms with Crippen molar-refractivity contribution >= 4 is 34.4 Å². The summed E-state index contributed by atoms with van der Waals surface area (Å²) in [6.45, 7) is 6.44. The van der Waals surface area contributed by atoms with Crippen LogP contribution >= 0.6 is 11.8 Å². The van der Waals surface area contributed by atoms with Gasteiger partial charge in [0.15, 0.2) is 23.5 Å². The quantitative estimate of drug-likeness (QED) is 0.454. The molecule has 4 aliphatic carbocycles. The molecule has 8 heteroatoms. The van der Waals surface area contributed by atoms with Gasteiger partial charge in [-0.2, -0.15) is 0 Å². The van der Waals surface area contributed by atoms with Crippen LogP contribution in [0.25, 0.3) is 11.0 Å². The van der Waals surface area contributed by atoms with Crippen LogP contribution in [0.15, 0.2) is 59.3 Å². The lowest BCUT2D eigenvalue weighted by Crippen LogP contribution is -2.63. The van der Waals surface area contributed by atoms with E-state index in [4.69, 9.17) is 14.5 Å². The van der Waals surface area contributed by atoms with Gasteiger partial charge in [-0.3, -0.25) is 14.6 Å². The van der Waals surface area contributed by atoms with Crippen molar-refractivity contribution in [3.8, 4) is 0 Å².